The predicted octanol–water partition coefficient (Wildman–Crippen LogP) is 0.786. The molecule has 0 saturated heterocycles. The van der Waals surface area contributed by atoms with Crippen LogP contribution in [0.4, 0.5) is 10.5 Å². The summed E-state index contributed by atoms with van der Waals surface area (Å²) in [7, 11) is -1.36. The molecule has 100 valence electrons. The Morgan fingerprint density at radius 3 is 2.44 bits per heavy atom. The van der Waals surface area contributed by atoms with Gasteiger partial charge in [0.05, 0.1) is 10.7 Å². The molecule has 0 aliphatic carbocycles. The molecule has 0 saturated carbocycles. The highest BCUT2D eigenvalue weighted by molar-refractivity contribution is 7.89. The van der Waals surface area contributed by atoms with E-state index < -0.39 is 26.7 Å². The van der Waals surface area contributed by atoms with Crippen LogP contribution in [-0.2, 0) is 10.0 Å². The number of aromatic hydroxyl groups is 1. The number of hydrogen-bond donors (Lipinski definition) is 3. The molecule has 0 aliphatic heterocycles. The van der Waals surface area contributed by atoms with Gasteiger partial charge in [-0.2, -0.15) is 0 Å². The number of phenols is 1. The van der Waals surface area contributed by atoms with Crippen LogP contribution in [0.2, 0.25) is 5.02 Å². The van der Waals surface area contributed by atoms with Crippen molar-refractivity contribution in [1.29, 1.82) is 0 Å². The molecule has 0 atom stereocenters. The Balaban J connectivity index is 3.50. The van der Waals surface area contributed by atoms with Crippen LogP contribution in [0, 0.1) is 0 Å². The molecule has 18 heavy (non-hydrogen) atoms. The molecule has 1 rings (SSSR count). The largest absolute Gasteiger partial charge is 0.504 e. The molecule has 1 aromatic carbocycles. The predicted molar refractivity (Wildman–Crippen MR) is 67.2 cm³/mol. The van der Waals surface area contributed by atoms with Crippen molar-refractivity contribution in [3.05, 3.63) is 17.2 Å². The number of halogens is 1. The fraction of sp³-hybridized carbons (Fsp3) is 0.222. The Morgan fingerprint density at radius 2 is 2.00 bits per heavy atom. The van der Waals surface area contributed by atoms with E-state index in [1.165, 1.54) is 26.2 Å². The first-order chi connectivity index (χ1) is 8.17. The number of primary amides is 1. The van der Waals surface area contributed by atoms with Gasteiger partial charge in [0.1, 0.15) is 4.90 Å². The van der Waals surface area contributed by atoms with E-state index in [9.17, 15) is 18.3 Å². The van der Waals surface area contributed by atoms with E-state index in [1.54, 1.807) is 0 Å². The van der Waals surface area contributed by atoms with Crippen LogP contribution >= 0.6 is 11.6 Å². The van der Waals surface area contributed by atoms with Gasteiger partial charge >= 0.3 is 6.03 Å². The van der Waals surface area contributed by atoms with Crippen LogP contribution in [0.5, 0.6) is 5.75 Å². The fourth-order valence-electron chi connectivity index (χ4n) is 1.21. The lowest BCUT2D eigenvalue weighted by molar-refractivity contribution is 0.259. The van der Waals surface area contributed by atoms with E-state index in [0.29, 0.717) is 0 Å². The molecule has 9 heteroatoms. The first kappa shape index (κ1) is 14.6. The molecule has 0 unspecified atom stereocenters. The van der Waals surface area contributed by atoms with Crippen molar-refractivity contribution >= 4 is 33.3 Å². The molecule has 0 bridgehead atoms. The van der Waals surface area contributed by atoms with Gasteiger partial charge in [0, 0.05) is 14.1 Å². The van der Waals surface area contributed by atoms with Crippen molar-refractivity contribution in [3.8, 4) is 5.75 Å². The lowest BCUT2D eigenvalue weighted by atomic mass is 10.3. The second-order valence-corrected chi connectivity index (χ2v) is 6.05. The van der Waals surface area contributed by atoms with Crippen molar-refractivity contribution in [2.45, 2.75) is 4.90 Å². The first-order valence-corrected chi connectivity index (χ1v) is 6.50. The number of anilines is 1. The number of carbonyl (C=O) groups excluding carboxylic acids is 1. The summed E-state index contributed by atoms with van der Waals surface area (Å²) < 4.78 is 24.8. The van der Waals surface area contributed by atoms with E-state index in [1.807, 2.05) is 0 Å². The molecule has 2 amide bonds. The van der Waals surface area contributed by atoms with Gasteiger partial charge in [-0.15, -0.1) is 0 Å². The van der Waals surface area contributed by atoms with Crippen molar-refractivity contribution in [2.24, 2.45) is 5.73 Å². The van der Waals surface area contributed by atoms with Crippen LogP contribution in [0.1, 0.15) is 0 Å². The summed E-state index contributed by atoms with van der Waals surface area (Å²) in [6.07, 6.45) is 0. The van der Waals surface area contributed by atoms with Gasteiger partial charge in [0.15, 0.2) is 5.75 Å². The first-order valence-electron chi connectivity index (χ1n) is 4.68. The molecular formula is C9H12ClN3O4S. The summed E-state index contributed by atoms with van der Waals surface area (Å²) >= 11 is 5.76. The highest BCUT2D eigenvalue weighted by Crippen LogP contribution is 2.37. The lowest BCUT2D eigenvalue weighted by Gasteiger charge is -2.16. The summed E-state index contributed by atoms with van der Waals surface area (Å²) in [6.45, 7) is 0. The molecule has 0 aromatic heterocycles. The number of carbonyl (C=O) groups is 1. The number of nitrogens with two attached hydrogens (primary N) is 1. The highest BCUT2D eigenvalue weighted by atomic mass is 35.5. The van der Waals surface area contributed by atoms with E-state index in [0.717, 1.165) is 4.31 Å². The van der Waals surface area contributed by atoms with Gasteiger partial charge in [0.25, 0.3) is 0 Å². The quantitative estimate of drug-likeness (QED) is 0.715. The van der Waals surface area contributed by atoms with Gasteiger partial charge < -0.3 is 16.2 Å². The summed E-state index contributed by atoms with van der Waals surface area (Å²) in [5, 5.41) is 11.8. The van der Waals surface area contributed by atoms with Crippen molar-refractivity contribution in [2.75, 3.05) is 19.4 Å². The zero-order valence-electron chi connectivity index (χ0n) is 9.64. The number of benzene rings is 1. The summed E-state index contributed by atoms with van der Waals surface area (Å²) in [6, 6.07) is 1.56. The minimum atomic E-state index is -3.94. The van der Waals surface area contributed by atoms with E-state index in [2.05, 4.69) is 5.32 Å². The fourth-order valence-corrected chi connectivity index (χ4v) is 2.69. The Hall–Kier alpha value is -1.51. The third-order valence-corrected chi connectivity index (χ3v) is 4.40. The number of phenolic OH excluding ortho intramolecular Hbond substituents is 1. The third-order valence-electron chi connectivity index (χ3n) is 2.08. The Morgan fingerprint density at radius 1 is 1.44 bits per heavy atom. The molecule has 0 aliphatic rings. The molecule has 0 heterocycles. The highest BCUT2D eigenvalue weighted by Gasteiger charge is 2.27. The maximum absolute atomic E-state index is 11.9. The second kappa shape index (κ2) is 5.01. The van der Waals surface area contributed by atoms with Crippen LogP contribution in [0.15, 0.2) is 17.0 Å². The minimum Gasteiger partial charge on any atom is -0.504 e. The van der Waals surface area contributed by atoms with Crippen molar-refractivity contribution in [1.82, 2.24) is 4.31 Å². The topological polar surface area (TPSA) is 113 Å². The lowest BCUT2D eigenvalue weighted by Crippen LogP contribution is -2.24. The monoisotopic (exact) mass is 293 g/mol. The number of sulfonamides is 1. The van der Waals surface area contributed by atoms with Crippen LogP contribution in [-0.4, -0.2) is 38.0 Å². The van der Waals surface area contributed by atoms with E-state index in [-0.39, 0.29) is 10.7 Å². The SMILES string of the molecule is CN(C)S(=O)(=O)c1c(Cl)ccc(NC(N)=O)c1O. The van der Waals surface area contributed by atoms with E-state index in [4.69, 9.17) is 17.3 Å². The van der Waals surface area contributed by atoms with E-state index >= 15 is 0 Å². The molecule has 0 spiro atoms. The van der Waals surface area contributed by atoms with Crippen LogP contribution in [0.3, 0.4) is 0 Å². The average Bonchev–Trinajstić information content (AvgIpc) is 2.21. The molecule has 7 nitrogen and oxygen atoms in total. The summed E-state index contributed by atoms with van der Waals surface area (Å²) in [5.41, 5.74) is 4.76. The Kier molecular flexibility index (Phi) is 4.05. The molecule has 0 radical (unpaired) electrons. The maximum Gasteiger partial charge on any atom is 0.316 e. The van der Waals surface area contributed by atoms with Gasteiger partial charge in [0.2, 0.25) is 10.0 Å². The number of hydrogen-bond acceptors (Lipinski definition) is 4. The Labute approximate surface area is 109 Å². The number of nitrogens with one attached hydrogen (secondary N) is 1. The van der Waals surface area contributed by atoms with Gasteiger partial charge in [-0.1, -0.05) is 11.6 Å². The van der Waals surface area contributed by atoms with Gasteiger partial charge in [-0.3, -0.25) is 0 Å². The molecule has 0 fully saturated rings. The zero-order chi connectivity index (χ0) is 14.1. The maximum atomic E-state index is 11.9. The smallest absolute Gasteiger partial charge is 0.316 e. The van der Waals surface area contributed by atoms with Crippen LogP contribution < -0.4 is 11.1 Å². The van der Waals surface area contributed by atoms with Crippen LogP contribution in [0.25, 0.3) is 0 Å². The van der Waals surface area contributed by atoms with Crippen molar-refractivity contribution in [3.63, 3.8) is 0 Å². The average molecular weight is 294 g/mol. The normalized spacial score (nSPS) is 11.6. The standard InChI is InChI=1S/C9H12ClN3O4S/c1-13(2)18(16,17)8-5(10)3-4-6(7(8)14)12-9(11)15/h3-4,14H,1-2H3,(H3,11,12,15). The second-order valence-electron chi connectivity index (χ2n) is 3.55. The zero-order valence-corrected chi connectivity index (χ0v) is 11.2. The van der Waals surface area contributed by atoms with Crippen molar-refractivity contribution < 1.29 is 18.3 Å². The number of rotatable bonds is 3. The number of nitrogens with zero attached hydrogens (tertiary/aromatic N) is 1. The summed E-state index contributed by atoms with van der Waals surface area (Å²) in [5.74, 6) is -0.657. The molecular weight excluding hydrogens is 282 g/mol. The third kappa shape index (κ3) is 2.66. The summed E-state index contributed by atoms with van der Waals surface area (Å²) in [4.78, 5) is 10.2. The minimum absolute atomic E-state index is 0.132. The molecule has 1 aromatic rings. The van der Waals surface area contributed by atoms with Gasteiger partial charge in [-0.05, 0) is 12.1 Å². The van der Waals surface area contributed by atoms with Gasteiger partial charge in [-0.25, -0.2) is 17.5 Å². The number of urea groups is 1. The number of amides is 2. The molecule has 4 N–H and O–H groups in total. The Bertz CT molecular complexity index is 586.